The largest absolute Gasteiger partial charge is 1.00 e. The first-order valence-electron chi connectivity index (χ1n) is 5.02. The minimum atomic E-state index is -6.39. The summed E-state index contributed by atoms with van der Waals surface area (Å²) in [4.78, 5) is 9.99. The van der Waals surface area contributed by atoms with Gasteiger partial charge in [0.05, 0.1) is 0 Å². The smallest absolute Gasteiger partial charge is 0.550 e. The summed E-state index contributed by atoms with van der Waals surface area (Å²) in [6.07, 6.45) is -6.48. The number of rotatable bonds is 8. The van der Waals surface area contributed by atoms with E-state index >= 15 is 0 Å². The van der Waals surface area contributed by atoms with Crippen molar-refractivity contribution >= 4 is 23.2 Å². The quantitative estimate of drug-likeness (QED) is 0.314. The van der Waals surface area contributed by atoms with E-state index < -0.39 is 54.7 Å². The van der Waals surface area contributed by atoms with E-state index in [1.54, 1.807) is 0 Å². The van der Waals surface area contributed by atoms with Gasteiger partial charge in [-0.05, 0) is 18.6 Å². The van der Waals surface area contributed by atoms with Gasteiger partial charge in [-0.15, -0.1) is 0 Å². The molecular formula is C9H7F8NaO3S. The minimum Gasteiger partial charge on any atom is -0.550 e. The van der Waals surface area contributed by atoms with Crippen molar-refractivity contribution in [1.82, 2.24) is 0 Å². The topological polar surface area (TPSA) is 49.4 Å². The number of alkyl halides is 8. The molecule has 0 aromatic heterocycles. The molecule has 3 nitrogen and oxygen atoms in total. The summed E-state index contributed by atoms with van der Waals surface area (Å²) in [5.74, 6) is -20.0. The van der Waals surface area contributed by atoms with E-state index in [1.165, 1.54) is 0 Å². The maximum Gasteiger partial charge on any atom is 1.00 e. The van der Waals surface area contributed by atoms with E-state index in [9.17, 15) is 45.0 Å². The molecule has 0 saturated carbocycles. The fourth-order valence-electron chi connectivity index (χ4n) is 0.919. The zero-order valence-corrected chi connectivity index (χ0v) is 13.7. The van der Waals surface area contributed by atoms with E-state index in [2.05, 4.69) is 17.0 Å². The molecule has 0 fully saturated rings. The number of hydrogen-bond acceptors (Lipinski definition) is 4. The number of aliphatic carboxylic acids is 1. The molecule has 22 heavy (non-hydrogen) atoms. The number of carbonyl (C=O) groups is 1. The summed E-state index contributed by atoms with van der Waals surface area (Å²) < 4.78 is 104. The first kappa shape index (κ1) is 24.1. The Balaban J connectivity index is 0. The van der Waals surface area contributed by atoms with E-state index in [0.29, 0.717) is 0 Å². The summed E-state index contributed by atoms with van der Waals surface area (Å²) in [7, 11) is 0. The normalized spacial score (nSPS) is 12.8. The second-order valence-corrected chi connectivity index (χ2v) is 4.19. The molecule has 0 aromatic carbocycles. The third-order valence-corrected chi connectivity index (χ3v) is 2.42. The van der Waals surface area contributed by atoms with Gasteiger partial charge < -0.3 is 14.6 Å². The molecule has 0 atom stereocenters. The third-order valence-electron chi connectivity index (χ3n) is 2.10. The Morgan fingerprint density at radius 2 is 1.55 bits per heavy atom. The van der Waals surface area contributed by atoms with Crippen molar-refractivity contribution in [2.24, 2.45) is 0 Å². The Morgan fingerprint density at radius 1 is 1.09 bits per heavy atom. The number of carboxylic acids is 1. The average Bonchev–Trinajstić information content (AvgIpc) is 2.33. The van der Waals surface area contributed by atoms with Crippen LogP contribution in [0.2, 0.25) is 0 Å². The van der Waals surface area contributed by atoms with Crippen LogP contribution in [0.1, 0.15) is 12.8 Å². The number of hydrogen-bond donors (Lipinski definition) is 0. The van der Waals surface area contributed by atoms with Gasteiger partial charge >= 0.3 is 53.8 Å². The summed E-state index contributed by atoms with van der Waals surface area (Å²) in [6.45, 7) is -2.41. The Kier molecular flexibility index (Phi) is 9.40. The van der Waals surface area contributed by atoms with Crippen LogP contribution in [-0.2, 0) is 9.53 Å². The van der Waals surface area contributed by atoms with Gasteiger partial charge in [-0.2, -0.15) is 26.3 Å². The van der Waals surface area contributed by atoms with Crippen LogP contribution < -0.4 is 34.7 Å². The summed E-state index contributed by atoms with van der Waals surface area (Å²) in [6, 6.07) is 0. The van der Waals surface area contributed by atoms with Gasteiger partial charge in [0.1, 0.15) is 0 Å². The molecule has 0 unspecified atom stereocenters. The molecule has 0 aliphatic heterocycles. The van der Waals surface area contributed by atoms with Crippen LogP contribution >= 0.6 is 12.2 Å². The Labute approximate surface area is 146 Å². The molecule has 13 heteroatoms. The molecule has 0 heterocycles. The number of carboxylic acid groups (broad SMARTS) is 1. The van der Waals surface area contributed by atoms with Crippen molar-refractivity contribution in [3.05, 3.63) is 0 Å². The average molecular weight is 370 g/mol. The maximum absolute atomic E-state index is 12.9. The van der Waals surface area contributed by atoms with Crippen LogP contribution in [0.15, 0.2) is 0 Å². The van der Waals surface area contributed by atoms with Gasteiger partial charge in [-0.1, -0.05) is 0 Å². The van der Waals surface area contributed by atoms with Crippen molar-refractivity contribution in [3.63, 3.8) is 0 Å². The molecule has 124 valence electrons. The molecule has 0 bridgehead atoms. The molecule has 0 aliphatic rings. The van der Waals surface area contributed by atoms with Crippen LogP contribution in [0.5, 0.6) is 0 Å². The van der Waals surface area contributed by atoms with Crippen molar-refractivity contribution in [3.8, 4) is 0 Å². The Hall–Kier alpha value is -0.200. The molecule has 0 radical (unpaired) electrons. The SMILES string of the molecule is O=C([O-])CCC(=S)OCC(F)(F)C(F)(F)C(F)(F)C(F)F.[Na+]. The maximum atomic E-state index is 12.9. The zero-order chi connectivity index (χ0) is 17.1. The van der Waals surface area contributed by atoms with Crippen LogP contribution in [0.25, 0.3) is 0 Å². The zero-order valence-electron chi connectivity index (χ0n) is 10.9. The molecule has 0 amide bonds. The van der Waals surface area contributed by atoms with Gasteiger partial charge in [0.15, 0.2) is 11.7 Å². The molecule has 0 N–H and O–H groups in total. The van der Waals surface area contributed by atoms with Crippen molar-refractivity contribution in [2.45, 2.75) is 37.0 Å². The van der Waals surface area contributed by atoms with E-state index in [-0.39, 0.29) is 29.6 Å². The predicted molar refractivity (Wildman–Crippen MR) is 53.6 cm³/mol. The molecule has 0 spiro atoms. The van der Waals surface area contributed by atoms with Gasteiger partial charge in [-0.25, -0.2) is 8.78 Å². The standard InChI is InChI=1S/C9H8F8O3S.Na/c10-6(11)8(14,15)9(16,17)7(12,13)3-20-5(21)2-1-4(18)19;/h6H,1-3H2,(H,18,19);/q;+1/p-1. The number of halogens is 8. The number of carbonyl (C=O) groups excluding carboxylic acids is 1. The van der Waals surface area contributed by atoms with Crippen LogP contribution in [0.3, 0.4) is 0 Å². The second kappa shape index (κ2) is 8.60. The minimum absolute atomic E-state index is 0. The second-order valence-electron chi connectivity index (χ2n) is 3.74. The molecule has 0 saturated heterocycles. The first-order valence-corrected chi connectivity index (χ1v) is 5.43. The van der Waals surface area contributed by atoms with Gasteiger partial charge in [0, 0.05) is 12.4 Å². The van der Waals surface area contributed by atoms with Crippen LogP contribution in [-0.4, -0.2) is 41.8 Å². The van der Waals surface area contributed by atoms with E-state index in [4.69, 9.17) is 0 Å². The molecule has 0 aromatic rings. The van der Waals surface area contributed by atoms with E-state index in [0.717, 1.165) is 0 Å². The Morgan fingerprint density at radius 3 is 1.91 bits per heavy atom. The van der Waals surface area contributed by atoms with E-state index in [1.807, 2.05) is 0 Å². The van der Waals surface area contributed by atoms with Crippen molar-refractivity contribution in [1.29, 1.82) is 0 Å². The molecule has 0 aliphatic carbocycles. The molecule has 0 rings (SSSR count). The summed E-state index contributed by atoms with van der Waals surface area (Å²) in [5, 5.41) is 9.10. The molecular weight excluding hydrogens is 363 g/mol. The van der Waals surface area contributed by atoms with Gasteiger partial charge in [-0.3, -0.25) is 0 Å². The fourth-order valence-corrected chi connectivity index (χ4v) is 1.08. The Bertz CT molecular complexity index is 404. The fraction of sp³-hybridized carbons (Fsp3) is 0.778. The van der Waals surface area contributed by atoms with Crippen molar-refractivity contribution < 1.29 is 79.3 Å². The van der Waals surface area contributed by atoms with Gasteiger partial charge in [0.2, 0.25) is 0 Å². The summed E-state index contributed by atoms with van der Waals surface area (Å²) >= 11 is 4.18. The summed E-state index contributed by atoms with van der Waals surface area (Å²) in [5.41, 5.74) is 0. The monoisotopic (exact) mass is 370 g/mol. The van der Waals surface area contributed by atoms with Crippen molar-refractivity contribution in [2.75, 3.05) is 6.61 Å². The third kappa shape index (κ3) is 5.78. The van der Waals surface area contributed by atoms with Gasteiger partial charge in [0.25, 0.3) is 0 Å². The van der Waals surface area contributed by atoms with Crippen LogP contribution in [0, 0.1) is 0 Å². The predicted octanol–water partition coefficient (Wildman–Crippen LogP) is -0.964. The first-order chi connectivity index (χ1) is 9.25. The number of ether oxygens (including phenoxy) is 1. The van der Waals surface area contributed by atoms with Crippen LogP contribution in [0.4, 0.5) is 35.1 Å². The number of thiocarbonyl (C=S) groups is 1.